The Morgan fingerprint density at radius 3 is 2.46 bits per heavy atom. The second kappa shape index (κ2) is 6.14. The predicted octanol–water partition coefficient (Wildman–Crippen LogP) is 5.58. The molecule has 0 bridgehead atoms. The van der Waals surface area contributed by atoms with Gasteiger partial charge in [-0.05, 0) is 41.5 Å². The molecular weight excluding hydrogens is 366 g/mol. The highest BCUT2D eigenvalue weighted by molar-refractivity contribution is 7.13. The average molecular weight is 375 g/mol. The maximum absolute atomic E-state index is 14.2. The number of aromatic nitrogens is 3. The van der Waals surface area contributed by atoms with E-state index in [1.54, 1.807) is 29.8 Å². The fraction of sp³-hybridized carbons (Fsp3) is 0.0556. The number of pyridine rings is 2. The first-order chi connectivity index (χ1) is 12.4. The number of thiazole rings is 1. The monoisotopic (exact) mass is 375 g/mol. The standard InChI is InChI=1S/C18H9F4N3S/c19-14-3-1-10(9-13(14)17-24-7-8-26-17)11-5-6-23-16-12(11)2-4-15(25-16)18(20,21)22/h1-9H. The van der Waals surface area contributed by atoms with Crippen LogP contribution in [0.25, 0.3) is 32.7 Å². The zero-order valence-electron chi connectivity index (χ0n) is 13.0. The van der Waals surface area contributed by atoms with Crippen LogP contribution in [-0.2, 0) is 6.18 Å². The molecule has 0 aliphatic carbocycles. The largest absolute Gasteiger partial charge is 0.433 e. The summed E-state index contributed by atoms with van der Waals surface area (Å²) in [5.41, 5.74) is 0.580. The minimum Gasteiger partial charge on any atom is -0.244 e. The van der Waals surface area contributed by atoms with Crippen LogP contribution < -0.4 is 0 Å². The van der Waals surface area contributed by atoms with Crippen LogP contribution >= 0.6 is 11.3 Å². The summed E-state index contributed by atoms with van der Waals surface area (Å²) in [5.74, 6) is -0.417. The molecule has 1 aromatic carbocycles. The fourth-order valence-electron chi connectivity index (χ4n) is 2.65. The van der Waals surface area contributed by atoms with Crippen molar-refractivity contribution in [3.05, 3.63) is 65.7 Å². The molecule has 26 heavy (non-hydrogen) atoms. The van der Waals surface area contributed by atoms with Gasteiger partial charge in [0.1, 0.15) is 16.5 Å². The van der Waals surface area contributed by atoms with Gasteiger partial charge in [-0.15, -0.1) is 11.3 Å². The van der Waals surface area contributed by atoms with E-state index in [4.69, 9.17) is 0 Å². The normalized spacial score (nSPS) is 11.8. The van der Waals surface area contributed by atoms with Crippen molar-refractivity contribution in [2.75, 3.05) is 0 Å². The number of hydrogen-bond acceptors (Lipinski definition) is 4. The van der Waals surface area contributed by atoms with Crippen LogP contribution in [0.15, 0.2) is 54.2 Å². The number of fused-ring (bicyclic) bond motifs is 1. The molecule has 0 fully saturated rings. The number of benzene rings is 1. The molecule has 8 heteroatoms. The molecular formula is C18H9F4N3S. The Kier molecular flexibility index (Phi) is 3.91. The Morgan fingerprint density at radius 2 is 1.73 bits per heavy atom. The summed E-state index contributed by atoms with van der Waals surface area (Å²) in [4.78, 5) is 11.6. The van der Waals surface area contributed by atoms with Gasteiger partial charge in [0, 0.05) is 28.7 Å². The van der Waals surface area contributed by atoms with Gasteiger partial charge in [-0.1, -0.05) is 6.07 Å². The molecule has 0 saturated heterocycles. The molecule has 0 unspecified atom stereocenters. The van der Waals surface area contributed by atoms with E-state index in [2.05, 4.69) is 15.0 Å². The van der Waals surface area contributed by atoms with Crippen LogP contribution in [-0.4, -0.2) is 15.0 Å². The van der Waals surface area contributed by atoms with Crippen molar-refractivity contribution in [2.45, 2.75) is 6.18 Å². The number of nitrogens with zero attached hydrogens (tertiary/aromatic N) is 3. The predicted molar refractivity (Wildman–Crippen MR) is 91.0 cm³/mol. The summed E-state index contributed by atoms with van der Waals surface area (Å²) in [7, 11) is 0. The highest BCUT2D eigenvalue weighted by Gasteiger charge is 2.32. The lowest BCUT2D eigenvalue weighted by atomic mass is 10.0. The lowest BCUT2D eigenvalue weighted by Gasteiger charge is -2.10. The molecule has 3 aromatic heterocycles. The van der Waals surface area contributed by atoms with Gasteiger partial charge in [-0.3, -0.25) is 0 Å². The first-order valence-corrected chi connectivity index (χ1v) is 8.34. The molecule has 3 heterocycles. The van der Waals surface area contributed by atoms with Gasteiger partial charge in [0.2, 0.25) is 0 Å². The van der Waals surface area contributed by atoms with Crippen molar-refractivity contribution in [1.29, 1.82) is 0 Å². The lowest BCUT2D eigenvalue weighted by Crippen LogP contribution is -2.08. The van der Waals surface area contributed by atoms with Gasteiger partial charge in [-0.25, -0.2) is 19.3 Å². The fourth-order valence-corrected chi connectivity index (χ4v) is 3.31. The zero-order chi connectivity index (χ0) is 18.3. The van der Waals surface area contributed by atoms with Crippen molar-refractivity contribution in [3.8, 4) is 21.7 Å². The SMILES string of the molecule is Fc1ccc(-c2ccnc3nc(C(F)(F)F)ccc23)cc1-c1nccs1. The van der Waals surface area contributed by atoms with Gasteiger partial charge in [0.25, 0.3) is 0 Å². The molecule has 0 aliphatic heterocycles. The summed E-state index contributed by atoms with van der Waals surface area (Å²) in [6.07, 6.45) is -1.58. The maximum Gasteiger partial charge on any atom is 0.433 e. The molecule has 130 valence electrons. The Balaban J connectivity index is 1.89. The zero-order valence-corrected chi connectivity index (χ0v) is 13.8. The first kappa shape index (κ1) is 16.6. The average Bonchev–Trinajstić information content (AvgIpc) is 3.15. The van der Waals surface area contributed by atoms with Gasteiger partial charge >= 0.3 is 6.18 Å². The second-order valence-electron chi connectivity index (χ2n) is 5.46. The van der Waals surface area contributed by atoms with Crippen LogP contribution in [0.3, 0.4) is 0 Å². The van der Waals surface area contributed by atoms with E-state index < -0.39 is 17.7 Å². The molecule has 0 N–H and O–H groups in total. The highest BCUT2D eigenvalue weighted by Crippen LogP contribution is 2.34. The van der Waals surface area contributed by atoms with E-state index in [-0.39, 0.29) is 5.65 Å². The number of alkyl halides is 3. The quantitative estimate of drug-likeness (QED) is 0.430. The Hall–Kier alpha value is -2.87. The topological polar surface area (TPSA) is 38.7 Å². The lowest BCUT2D eigenvalue weighted by molar-refractivity contribution is -0.141. The van der Waals surface area contributed by atoms with Crippen molar-refractivity contribution < 1.29 is 17.6 Å². The van der Waals surface area contributed by atoms with E-state index in [1.807, 2.05) is 0 Å². The van der Waals surface area contributed by atoms with Crippen molar-refractivity contribution in [2.24, 2.45) is 0 Å². The molecule has 0 amide bonds. The maximum atomic E-state index is 14.2. The molecule has 4 rings (SSSR count). The minimum atomic E-state index is -4.54. The van der Waals surface area contributed by atoms with Crippen LogP contribution in [0.1, 0.15) is 5.69 Å². The van der Waals surface area contributed by atoms with E-state index in [0.717, 1.165) is 6.07 Å². The van der Waals surface area contributed by atoms with Crippen molar-refractivity contribution in [1.82, 2.24) is 15.0 Å². The van der Waals surface area contributed by atoms with Crippen LogP contribution in [0, 0.1) is 5.82 Å². The molecule has 0 saturated carbocycles. The third-order valence-corrected chi connectivity index (χ3v) is 4.64. The number of rotatable bonds is 2. The van der Waals surface area contributed by atoms with E-state index >= 15 is 0 Å². The Morgan fingerprint density at radius 1 is 0.885 bits per heavy atom. The summed E-state index contributed by atoms with van der Waals surface area (Å²) in [5, 5.41) is 2.73. The molecule has 0 spiro atoms. The molecule has 0 radical (unpaired) electrons. The van der Waals surface area contributed by atoms with E-state index in [1.165, 1.54) is 29.7 Å². The van der Waals surface area contributed by atoms with Gasteiger partial charge < -0.3 is 0 Å². The Bertz CT molecular complexity index is 1090. The van der Waals surface area contributed by atoms with Crippen molar-refractivity contribution >= 4 is 22.4 Å². The highest BCUT2D eigenvalue weighted by atomic mass is 32.1. The molecule has 4 aromatic rings. The Labute approximate surface area is 149 Å². The van der Waals surface area contributed by atoms with Crippen LogP contribution in [0.2, 0.25) is 0 Å². The van der Waals surface area contributed by atoms with Crippen LogP contribution in [0.4, 0.5) is 17.6 Å². The van der Waals surface area contributed by atoms with E-state index in [0.29, 0.717) is 27.1 Å². The smallest absolute Gasteiger partial charge is 0.244 e. The summed E-state index contributed by atoms with van der Waals surface area (Å²) in [6.45, 7) is 0. The third-order valence-electron chi connectivity index (χ3n) is 3.83. The van der Waals surface area contributed by atoms with Gasteiger partial charge in [-0.2, -0.15) is 13.2 Å². The summed E-state index contributed by atoms with van der Waals surface area (Å²) < 4.78 is 52.7. The van der Waals surface area contributed by atoms with E-state index in [9.17, 15) is 17.6 Å². The molecule has 0 aliphatic rings. The molecule has 0 atom stereocenters. The summed E-state index contributed by atoms with van der Waals surface area (Å²) in [6, 6.07) is 8.42. The second-order valence-corrected chi connectivity index (χ2v) is 6.35. The van der Waals surface area contributed by atoms with Gasteiger partial charge in [0.15, 0.2) is 5.65 Å². The molecule has 3 nitrogen and oxygen atoms in total. The minimum absolute atomic E-state index is 0.0163. The van der Waals surface area contributed by atoms with Crippen molar-refractivity contribution in [3.63, 3.8) is 0 Å². The number of hydrogen-bond donors (Lipinski definition) is 0. The third kappa shape index (κ3) is 2.92. The first-order valence-electron chi connectivity index (χ1n) is 7.46. The summed E-state index contributed by atoms with van der Waals surface area (Å²) >= 11 is 1.30. The van der Waals surface area contributed by atoms with Gasteiger partial charge in [0.05, 0.1) is 0 Å². The van der Waals surface area contributed by atoms with Crippen LogP contribution in [0.5, 0.6) is 0 Å². The number of halogens is 4.